The second-order valence-corrected chi connectivity index (χ2v) is 17.7. The van der Waals surface area contributed by atoms with Crippen LogP contribution >= 0.6 is 0 Å². The van der Waals surface area contributed by atoms with Crippen molar-refractivity contribution in [2.45, 2.75) is 232 Å². The SMILES string of the molecule is CC/C=C\C/C=C\C/C=C\C/C=C\C/C=C\C/C=C\CCCCCCCCCCC(=O)OCC(COC(=O)CCCCCCCCC)OC(=O)CCC/C=C\C/C=C\C/C=C\C/C=C\C/C=C\CC. The zero-order valence-electron chi connectivity index (χ0n) is 44.3. The van der Waals surface area contributed by atoms with Crippen LogP contribution in [0.5, 0.6) is 0 Å². The number of unbranched alkanes of at least 4 members (excludes halogenated alkanes) is 15. The molecule has 0 radical (unpaired) electrons. The Bertz CT molecular complexity index is 1510. The molecule has 6 heteroatoms. The van der Waals surface area contributed by atoms with Gasteiger partial charge in [-0.2, -0.15) is 0 Å². The third kappa shape index (κ3) is 54.4. The molecular formula is C63H100O6. The summed E-state index contributed by atoms with van der Waals surface area (Å²) in [6.07, 6.45) is 79.0. The van der Waals surface area contributed by atoms with E-state index < -0.39 is 6.10 Å². The van der Waals surface area contributed by atoms with E-state index in [-0.39, 0.29) is 37.5 Å². The normalized spacial score (nSPS) is 13.1. The van der Waals surface area contributed by atoms with Gasteiger partial charge in [0.15, 0.2) is 6.10 Å². The number of hydrogen-bond acceptors (Lipinski definition) is 6. The first-order valence-electron chi connectivity index (χ1n) is 27.7. The predicted octanol–water partition coefficient (Wildman–Crippen LogP) is 18.6. The van der Waals surface area contributed by atoms with Crippen LogP contribution in [0.3, 0.4) is 0 Å². The summed E-state index contributed by atoms with van der Waals surface area (Å²) in [5, 5.41) is 0. The number of carbonyl (C=O) groups is 3. The topological polar surface area (TPSA) is 78.9 Å². The number of hydrogen-bond donors (Lipinski definition) is 0. The molecule has 388 valence electrons. The molecule has 0 spiro atoms. The number of esters is 3. The molecular weight excluding hydrogens is 853 g/mol. The summed E-state index contributed by atoms with van der Waals surface area (Å²) < 4.78 is 16.7. The lowest BCUT2D eigenvalue weighted by atomic mass is 10.1. The number of carbonyl (C=O) groups excluding carboxylic acids is 3. The van der Waals surface area contributed by atoms with Gasteiger partial charge in [-0.3, -0.25) is 14.4 Å². The molecule has 0 aromatic rings. The second kappa shape index (κ2) is 56.1. The van der Waals surface area contributed by atoms with Crippen molar-refractivity contribution >= 4 is 17.9 Å². The molecule has 0 aromatic carbocycles. The quantitative estimate of drug-likeness (QED) is 0.0262. The summed E-state index contributed by atoms with van der Waals surface area (Å²) in [4.78, 5) is 37.9. The summed E-state index contributed by atoms with van der Waals surface area (Å²) >= 11 is 0. The Kier molecular flexibility index (Phi) is 52.5. The first-order chi connectivity index (χ1) is 34.0. The molecule has 0 saturated heterocycles. The second-order valence-electron chi connectivity index (χ2n) is 17.7. The van der Waals surface area contributed by atoms with Gasteiger partial charge in [-0.1, -0.05) is 231 Å². The van der Waals surface area contributed by atoms with Crippen LogP contribution in [0, 0.1) is 0 Å². The Hall–Kier alpha value is -4.45. The van der Waals surface area contributed by atoms with Crippen LogP contribution in [0.25, 0.3) is 0 Å². The lowest BCUT2D eigenvalue weighted by Crippen LogP contribution is -2.30. The average molecular weight is 953 g/mol. The molecule has 0 saturated carbocycles. The van der Waals surface area contributed by atoms with E-state index >= 15 is 0 Å². The lowest BCUT2D eigenvalue weighted by Gasteiger charge is -2.18. The molecule has 0 amide bonds. The van der Waals surface area contributed by atoms with E-state index in [0.29, 0.717) is 19.3 Å². The monoisotopic (exact) mass is 953 g/mol. The molecule has 69 heavy (non-hydrogen) atoms. The van der Waals surface area contributed by atoms with Gasteiger partial charge in [-0.25, -0.2) is 0 Å². The van der Waals surface area contributed by atoms with E-state index in [2.05, 4.69) is 154 Å². The minimum absolute atomic E-state index is 0.107. The highest BCUT2D eigenvalue weighted by atomic mass is 16.6. The van der Waals surface area contributed by atoms with Crippen molar-refractivity contribution in [2.75, 3.05) is 13.2 Å². The molecule has 0 aromatic heterocycles. The third-order valence-corrected chi connectivity index (χ3v) is 11.2. The Morgan fingerprint density at radius 3 is 0.928 bits per heavy atom. The average Bonchev–Trinajstić information content (AvgIpc) is 3.35. The first kappa shape index (κ1) is 64.5. The fourth-order valence-corrected chi connectivity index (χ4v) is 7.07. The van der Waals surface area contributed by atoms with Crippen LogP contribution in [0.2, 0.25) is 0 Å². The van der Waals surface area contributed by atoms with Gasteiger partial charge in [0.1, 0.15) is 13.2 Å². The van der Waals surface area contributed by atoms with Crippen LogP contribution in [0.15, 0.2) is 134 Å². The van der Waals surface area contributed by atoms with E-state index in [4.69, 9.17) is 14.2 Å². The van der Waals surface area contributed by atoms with Crippen molar-refractivity contribution in [2.24, 2.45) is 0 Å². The molecule has 0 heterocycles. The predicted molar refractivity (Wildman–Crippen MR) is 297 cm³/mol. The summed E-state index contributed by atoms with van der Waals surface area (Å²) in [6, 6.07) is 0. The summed E-state index contributed by atoms with van der Waals surface area (Å²) in [5.41, 5.74) is 0. The molecule has 0 rings (SSSR count). The van der Waals surface area contributed by atoms with Crippen LogP contribution in [0.1, 0.15) is 226 Å². The fourth-order valence-electron chi connectivity index (χ4n) is 7.07. The molecule has 0 N–H and O–H groups in total. The molecule has 0 aliphatic heterocycles. The molecule has 0 aliphatic carbocycles. The molecule has 1 unspecified atom stereocenters. The maximum atomic E-state index is 12.8. The first-order valence-corrected chi connectivity index (χ1v) is 27.7. The fraction of sp³-hybridized carbons (Fsp3) is 0.603. The number of allylic oxidation sites excluding steroid dienone is 22. The summed E-state index contributed by atoms with van der Waals surface area (Å²) in [7, 11) is 0. The maximum Gasteiger partial charge on any atom is 0.306 e. The maximum absolute atomic E-state index is 12.8. The molecule has 0 fully saturated rings. The summed E-state index contributed by atoms with van der Waals surface area (Å²) in [6.45, 7) is 6.30. The van der Waals surface area contributed by atoms with Crippen molar-refractivity contribution in [1.29, 1.82) is 0 Å². The van der Waals surface area contributed by atoms with Crippen molar-refractivity contribution in [3.63, 3.8) is 0 Å². The van der Waals surface area contributed by atoms with Crippen molar-refractivity contribution in [1.82, 2.24) is 0 Å². The van der Waals surface area contributed by atoms with Crippen molar-refractivity contribution < 1.29 is 28.6 Å². The minimum atomic E-state index is -0.812. The highest BCUT2D eigenvalue weighted by Crippen LogP contribution is 2.13. The van der Waals surface area contributed by atoms with E-state index in [1.165, 1.54) is 57.8 Å². The zero-order chi connectivity index (χ0) is 50.0. The highest BCUT2D eigenvalue weighted by molar-refractivity contribution is 5.71. The molecule has 1 atom stereocenters. The van der Waals surface area contributed by atoms with Gasteiger partial charge in [-0.15, -0.1) is 0 Å². The summed E-state index contributed by atoms with van der Waals surface area (Å²) in [5.74, 6) is -0.988. The van der Waals surface area contributed by atoms with E-state index in [9.17, 15) is 14.4 Å². The van der Waals surface area contributed by atoms with Gasteiger partial charge < -0.3 is 14.2 Å². The molecule has 0 bridgehead atoms. The number of rotatable bonds is 48. The van der Waals surface area contributed by atoms with Crippen molar-refractivity contribution in [3.8, 4) is 0 Å². The van der Waals surface area contributed by atoms with Gasteiger partial charge in [0, 0.05) is 19.3 Å². The van der Waals surface area contributed by atoms with Gasteiger partial charge in [0.25, 0.3) is 0 Å². The Morgan fingerprint density at radius 1 is 0.304 bits per heavy atom. The molecule has 0 aliphatic rings. The van der Waals surface area contributed by atoms with Crippen molar-refractivity contribution in [3.05, 3.63) is 134 Å². The number of ether oxygens (including phenoxy) is 3. The Balaban J connectivity index is 4.29. The van der Waals surface area contributed by atoms with Gasteiger partial charge >= 0.3 is 17.9 Å². The van der Waals surface area contributed by atoms with E-state index in [1.807, 2.05) is 0 Å². The van der Waals surface area contributed by atoms with Gasteiger partial charge in [0.2, 0.25) is 0 Å². The van der Waals surface area contributed by atoms with Gasteiger partial charge in [0.05, 0.1) is 0 Å². The highest BCUT2D eigenvalue weighted by Gasteiger charge is 2.19. The third-order valence-electron chi connectivity index (χ3n) is 11.2. The molecule has 6 nitrogen and oxygen atoms in total. The van der Waals surface area contributed by atoms with Crippen LogP contribution in [0.4, 0.5) is 0 Å². The van der Waals surface area contributed by atoms with E-state index in [0.717, 1.165) is 122 Å². The van der Waals surface area contributed by atoms with Crippen LogP contribution < -0.4 is 0 Å². The van der Waals surface area contributed by atoms with Crippen LogP contribution in [-0.2, 0) is 28.6 Å². The minimum Gasteiger partial charge on any atom is -0.462 e. The van der Waals surface area contributed by atoms with Crippen LogP contribution in [-0.4, -0.2) is 37.2 Å². The standard InChI is InChI=1S/C63H100O6/c1-4-7-10-13-16-18-20-22-24-26-27-28-29-30-31-32-33-34-35-37-38-40-42-44-47-50-53-56-62(65)68-59-60(58-67-61(64)55-52-49-46-15-12-9-6-3)69-63(66)57-54-51-48-45-43-41-39-36-25-23-21-19-17-14-11-8-5-2/h7-8,10-11,16-19,22-25,27-28,30-31,33-34,39,41,45,48,60H,4-6,9,12-15,20-21,26,29,32,35-38,40,42-44,46-47,49-59H2,1-3H3/b10-7-,11-8-,18-16-,19-17-,24-22-,25-23-,28-27-,31-30-,34-33-,41-39-,48-45-. The Labute approximate surface area is 424 Å². The van der Waals surface area contributed by atoms with Gasteiger partial charge in [-0.05, 0) is 109 Å². The zero-order valence-corrected chi connectivity index (χ0v) is 44.3. The Morgan fingerprint density at radius 2 is 0.580 bits per heavy atom. The lowest BCUT2D eigenvalue weighted by molar-refractivity contribution is -0.167. The largest absolute Gasteiger partial charge is 0.462 e. The van der Waals surface area contributed by atoms with E-state index in [1.54, 1.807) is 0 Å². The smallest absolute Gasteiger partial charge is 0.306 e.